The molecule has 1 aromatic rings. The molecule has 0 aromatic carbocycles. The number of thiocarbonyl (C=S) groups is 1. The van der Waals surface area contributed by atoms with Crippen LogP contribution in [-0.4, -0.2) is 15.7 Å². The molecule has 0 aliphatic heterocycles. The fourth-order valence-corrected chi connectivity index (χ4v) is 2.58. The van der Waals surface area contributed by atoms with Gasteiger partial charge in [-0.1, -0.05) is 44.8 Å². The summed E-state index contributed by atoms with van der Waals surface area (Å²) in [7, 11) is 0. The van der Waals surface area contributed by atoms with Crippen molar-refractivity contribution < 1.29 is 0 Å². The van der Waals surface area contributed by atoms with E-state index in [4.69, 9.17) is 18.0 Å². The summed E-state index contributed by atoms with van der Waals surface area (Å²) in [6.07, 6.45) is 8.38. The van der Waals surface area contributed by atoms with Crippen LogP contribution in [0.4, 0.5) is 0 Å². The first-order valence-corrected chi connectivity index (χ1v) is 7.52. The minimum Gasteiger partial charge on any atom is -0.388 e. The lowest BCUT2D eigenvalue weighted by Crippen LogP contribution is -2.11. The van der Waals surface area contributed by atoms with Gasteiger partial charge in [-0.25, -0.2) is 0 Å². The van der Waals surface area contributed by atoms with Gasteiger partial charge in [0.1, 0.15) is 4.99 Å². The molecule has 0 fully saturated rings. The van der Waals surface area contributed by atoms with Gasteiger partial charge in [-0.2, -0.15) is 0 Å². The number of pyridine rings is 1. The van der Waals surface area contributed by atoms with E-state index in [9.17, 15) is 0 Å². The standard InChI is InChI=1S/C13H20N2S2/c1-2-3-4-5-6-9-17-11-7-8-15-12(10-11)13(14)16/h7-8,10H,2-6,9H2,1H3,(H2,14,16). The van der Waals surface area contributed by atoms with Crippen LogP contribution in [0.1, 0.15) is 44.7 Å². The van der Waals surface area contributed by atoms with E-state index >= 15 is 0 Å². The van der Waals surface area contributed by atoms with Crippen LogP contribution in [0, 0.1) is 0 Å². The molecule has 0 atom stereocenters. The van der Waals surface area contributed by atoms with E-state index in [0.717, 1.165) is 11.4 Å². The second-order valence-corrected chi connectivity index (χ2v) is 5.61. The average molecular weight is 268 g/mol. The lowest BCUT2D eigenvalue weighted by molar-refractivity contribution is 0.659. The summed E-state index contributed by atoms with van der Waals surface area (Å²) >= 11 is 6.77. The topological polar surface area (TPSA) is 38.9 Å². The van der Waals surface area contributed by atoms with Gasteiger partial charge in [-0.05, 0) is 24.3 Å². The maximum atomic E-state index is 5.55. The summed E-state index contributed by atoms with van der Waals surface area (Å²) in [5.41, 5.74) is 6.27. The molecule has 2 nitrogen and oxygen atoms in total. The molecule has 0 amide bonds. The summed E-state index contributed by atoms with van der Waals surface area (Å²) in [6.45, 7) is 2.24. The number of unbranched alkanes of at least 4 members (excludes halogenated alkanes) is 4. The second-order valence-electron chi connectivity index (χ2n) is 4.00. The molecule has 0 bridgehead atoms. The molecule has 0 aliphatic rings. The van der Waals surface area contributed by atoms with Crippen LogP contribution in [0.3, 0.4) is 0 Å². The molecule has 1 aromatic heterocycles. The number of nitrogens with two attached hydrogens (primary N) is 1. The molecule has 94 valence electrons. The first kappa shape index (κ1) is 14.5. The van der Waals surface area contributed by atoms with E-state index in [1.165, 1.54) is 37.0 Å². The van der Waals surface area contributed by atoms with E-state index in [0.29, 0.717) is 4.99 Å². The average Bonchev–Trinajstić information content (AvgIpc) is 2.34. The monoisotopic (exact) mass is 268 g/mol. The molecule has 0 aliphatic carbocycles. The van der Waals surface area contributed by atoms with Crippen molar-refractivity contribution in [3.05, 3.63) is 24.0 Å². The van der Waals surface area contributed by atoms with Gasteiger partial charge in [0.25, 0.3) is 0 Å². The highest BCUT2D eigenvalue weighted by Crippen LogP contribution is 2.20. The third-order valence-corrected chi connectivity index (χ3v) is 3.79. The zero-order valence-electron chi connectivity index (χ0n) is 10.3. The van der Waals surface area contributed by atoms with Crippen molar-refractivity contribution in [2.45, 2.75) is 43.9 Å². The molecule has 0 radical (unpaired) electrons. The van der Waals surface area contributed by atoms with Gasteiger partial charge in [0.2, 0.25) is 0 Å². The van der Waals surface area contributed by atoms with Crippen LogP contribution in [0.15, 0.2) is 23.2 Å². The van der Waals surface area contributed by atoms with Gasteiger partial charge >= 0.3 is 0 Å². The fourth-order valence-electron chi connectivity index (χ4n) is 1.53. The second kappa shape index (κ2) is 8.48. The molecule has 1 rings (SSSR count). The zero-order valence-corrected chi connectivity index (χ0v) is 11.9. The predicted molar refractivity (Wildman–Crippen MR) is 79.6 cm³/mol. The third kappa shape index (κ3) is 6.03. The van der Waals surface area contributed by atoms with Gasteiger partial charge in [-0.15, -0.1) is 11.8 Å². The van der Waals surface area contributed by atoms with Crippen molar-refractivity contribution in [2.24, 2.45) is 5.73 Å². The Labute approximate surface area is 113 Å². The molecule has 0 spiro atoms. The third-order valence-electron chi connectivity index (χ3n) is 2.50. The minimum atomic E-state index is 0.371. The quantitative estimate of drug-likeness (QED) is 0.442. The van der Waals surface area contributed by atoms with E-state index < -0.39 is 0 Å². The Balaban J connectivity index is 2.27. The Morgan fingerprint density at radius 3 is 2.82 bits per heavy atom. The Bertz CT molecular complexity index is 353. The van der Waals surface area contributed by atoms with E-state index in [1.54, 1.807) is 6.20 Å². The minimum absolute atomic E-state index is 0.371. The number of hydrogen-bond donors (Lipinski definition) is 1. The highest BCUT2D eigenvalue weighted by Gasteiger charge is 2.00. The van der Waals surface area contributed by atoms with E-state index in [2.05, 4.69) is 11.9 Å². The van der Waals surface area contributed by atoms with E-state index in [1.807, 2.05) is 23.9 Å². The maximum absolute atomic E-state index is 5.55. The molecule has 0 saturated carbocycles. The number of nitrogens with zero attached hydrogens (tertiary/aromatic N) is 1. The molecular weight excluding hydrogens is 248 g/mol. The smallest absolute Gasteiger partial charge is 0.122 e. The zero-order chi connectivity index (χ0) is 12.5. The van der Waals surface area contributed by atoms with Gasteiger partial charge < -0.3 is 5.73 Å². The maximum Gasteiger partial charge on any atom is 0.122 e. The number of thioether (sulfide) groups is 1. The number of hydrogen-bond acceptors (Lipinski definition) is 3. The lowest BCUT2D eigenvalue weighted by Gasteiger charge is -2.03. The highest BCUT2D eigenvalue weighted by molar-refractivity contribution is 7.99. The van der Waals surface area contributed by atoms with Gasteiger partial charge in [0.05, 0.1) is 5.69 Å². The number of aromatic nitrogens is 1. The van der Waals surface area contributed by atoms with Crippen molar-refractivity contribution in [1.82, 2.24) is 4.98 Å². The van der Waals surface area contributed by atoms with Crippen LogP contribution in [0.5, 0.6) is 0 Å². The summed E-state index contributed by atoms with van der Waals surface area (Å²) in [5.74, 6) is 1.16. The summed E-state index contributed by atoms with van der Waals surface area (Å²) < 4.78 is 0. The SMILES string of the molecule is CCCCCCCSc1ccnc(C(N)=S)c1. The predicted octanol–water partition coefficient (Wildman–Crippen LogP) is 3.78. The van der Waals surface area contributed by atoms with Crippen LogP contribution in [0.2, 0.25) is 0 Å². The summed E-state index contributed by atoms with van der Waals surface area (Å²) in [5, 5.41) is 0. The van der Waals surface area contributed by atoms with Crippen molar-refractivity contribution in [3.8, 4) is 0 Å². The Kier molecular flexibility index (Phi) is 7.21. The molecular formula is C13H20N2S2. The van der Waals surface area contributed by atoms with Crippen LogP contribution < -0.4 is 5.73 Å². The molecule has 1 heterocycles. The largest absolute Gasteiger partial charge is 0.388 e. The molecule has 17 heavy (non-hydrogen) atoms. The van der Waals surface area contributed by atoms with Gasteiger partial charge in [0, 0.05) is 11.1 Å². The Morgan fingerprint density at radius 1 is 1.35 bits per heavy atom. The first-order chi connectivity index (χ1) is 8.24. The van der Waals surface area contributed by atoms with Gasteiger partial charge in [-0.3, -0.25) is 4.98 Å². The van der Waals surface area contributed by atoms with Crippen molar-refractivity contribution in [3.63, 3.8) is 0 Å². The molecule has 0 saturated heterocycles. The fraction of sp³-hybridized carbons (Fsp3) is 0.538. The van der Waals surface area contributed by atoms with Crippen molar-refractivity contribution in [2.75, 3.05) is 5.75 Å². The summed E-state index contributed by atoms with van der Waals surface area (Å²) in [6, 6.07) is 3.98. The molecule has 4 heteroatoms. The van der Waals surface area contributed by atoms with Crippen LogP contribution >= 0.6 is 24.0 Å². The van der Waals surface area contributed by atoms with Crippen LogP contribution in [-0.2, 0) is 0 Å². The van der Waals surface area contributed by atoms with Crippen molar-refractivity contribution >= 4 is 29.0 Å². The van der Waals surface area contributed by atoms with E-state index in [-0.39, 0.29) is 0 Å². The molecule has 0 unspecified atom stereocenters. The normalized spacial score (nSPS) is 10.4. The van der Waals surface area contributed by atoms with Crippen LogP contribution in [0.25, 0.3) is 0 Å². The lowest BCUT2D eigenvalue weighted by atomic mass is 10.2. The van der Waals surface area contributed by atoms with Gasteiger partial charge in [0.15, 0.2) is 0 Å². The Hall–Kier alpha value is -0.610. The first-order valence-electron chi connectivity index (χ1n) is 6.12. The number of rotatable bonds is 8. The highest BCUT2D eigenvalue weighted by atomic mass is 32.2. The van der Waals surface area contributed by atoms with Crippen molar-refractivity contribution in [1.29, 1.82) is 0 Å². The Morgan fingerprint density at radius 2 is 2.12 bits per heavy atom. The molecule has 2 N–H and O–H groups in total. The summed E-state index contributed by atoms with van der Waals surface area (Å²) in [4.78, 5) is 5.71.